The van der Waals surface area contributed by atoms with Crippen LogP contribution in [0.4, 0.5) is 11.4 Å². The van der Waals surface area contributed by atoms with Gasteiger partial charge in [-0.25, -0.2) is 0 Å². The molecule has 0 aliphatic rings. The molecule has 92 valence electrons. The van der Waals surface area contributed by atoms with Gasteiger partial charge in [-0.05, 0) is 58.4 Å². The fourth-order valence-electron chi connectivity index (χ4n) is 1.44. The van der Waals surface area contributed by atoms with Crippen LogP contribution in [0.1, 0.15) is 10.4 Å². The van der Waals surface area contributed by atoms with E-state index in [9.17, 15) is 4.79 Å². The topological polar surface area (TPSA) is 55.1 Å². The van der Waals surface area contributed by atoms with Gasteiger partial charge in [0, 0.05) is 20.3 Å². The van der Waals surface area contributed by atoms with Crippen molar-refractivity contribution in [2.75, 3.05) is 11.1 Å². The highest BCUT2D eigenvalue weighted by atomic mass is 79.9. The van der Waals surface area contributed by atoms with E-state index in [0.29, 0.717) is 16.9 Å². The van der Waals surface area contributed by atoms with Crippen LogP contribution in [0, 0.1) is 0 Å². The van der Waals surface area contributed by atoms with E-state index >= 15 is 0 Å². The van der Waals surface area contributed by atoms with Gasteiger partial charge in [-0.3, -0.25) is 4.79 Å². The largest absolute Gasteiger partial charge is 0.399 e. The van der Waals surface area contributed by atoms with E-state index in [1.807, 2.05) is 12.1 Å². The fraction of sp³-hybridized carbons (Fsp3) is 0. The van der Waals surface area contributed by atoms with Gasteiger partial charge >= 0.3 is 0 Å². The molecule has 0 aromatic heterocycles. The molecule has 0 fully saturated rings. The van der Waals surface area contributed by atoms with Crippen molar-refractivity contribution in [1.82, 2.24) is 0 Å². The Morgan fingerprint density at radius 1 is 1.06 bits per heavy atom. The third-order valence-corrected chi connectivity index (χ3v) is 3.49. The SMILES string of the molecule is Nc1ccc(NC(=O)c2ccc(Br)cc2Br)cc1. The first-order valence-corrected chi connectivity index (χ1v) is 6.77. The molecule has 2 aromatic rings. The van der Waals surface area contributed by atoms with Gasteiger partial charge in [-0.2, -0.15) is 0 Å². The van der Waals surface area contributed by atoms with Crippen LogP contribution in [0.15, 0.2) is 51.4 Å². The highest BCUT2D eigenvalue weighted by Gasteiger charge is 2.10. The number of benzene rings is 2. The Morgan fingerprint density at radius 2 is 1.72 bits per heavy atom. The molecule has 0 atom stereocenters. The summed E-state index contributed by atoms with van der Waals surface area (Å²) in [6, 6.07) is 12.4. The molecule has 0 aliphatic heterocycles. The Morgan fingerprint density at radius 3 is 2.33 bits per heavy atom. The predicted molar refractivity (Wildman–Crippen MR) is 80.6 cm³/mol. The van der Waals surface area contributed by atoms with Crippen molar-refractivity contribution in [3.05, 3.63) is 57.0 Å². The van der Waals surface area contributed by atoms with Crippen LogP contribution in [-0.4, -0.2) is 5.91 Å². The number of amides is 1. The molecule has 18 heavy (non-hydrogen) atoms. The highest BCUT2D eigenvalue weighted by Crippen LogP contribution is 2.23. The quantitative estimate of drug-likeness (QED) is 0.784. The van der Waals surface area contributed by atoms with Gasteiger partial charge in [0.2, 0.25) is 0 Å². The summed E-state index contributed by atoms with van der Waals surface area (Å²) in [5.41, 5.74) is 7.54. The lowest BCUT2D eigenvalue weighted by Crippen LogP contribution is -2.12. The van der Waals surface area contributed by atoms with Crippen LogP contribution >= 0.6 is 31.9 Å². The second-order valence-corrected chi connectivity index (χ2v) is 5.47. The molecule has 5 heteroatoms. The number of halogens is 2. The van der Waals surface area contributed by atoms with E-state index in [-0.39, 0.29) is 5.91 Å². The molecular weight excluding hydrogens is 360 g/mol. The molecule has 0 spiro atoms. The molecule has 0 aliphatic carbocycles. The number of anilines is 2. The van der Waals surface area contributed by atoms with Crippen molar-refractivity contribution in [2.24, 2.45) is 0 Å². The van der Waals surface area contributed by atoms with Crippen LogP contribution in [0.25, 0.3) is 0 Å². The third-order valence-electron chi connectivity index (χ3n) is 2.34. The number of nitrogens with one attached hydrogen (secondary N) is 1. The highest BCUT2D eigenvalue weighted by molar-refractivity contribution is 9.11. The number of carbonyl (C=O) groups excluding carboxylic acids is 1. The zero-order valence-corrected chi connectivity index (χ0v) is 12.5. The van der Waals surface area contributed by atoms with Crippen molar-refractivity contribution in [1.29, 1.82) is 0 Å². The van der Waals surface area contributed by atoms with E-state index in [1.54, 1.807) is 30.3 Å². The smallest absolute Gasteiger partial charge is 0.256 e. The molecule has 2 rings (SSSR count). The van der Waals surface area contributed by atoms with E-state index in [0.717, 1.165) is 8.95 Å². The van der Waals surface area contributed by atoms with Gasteiger partial charge in [0.05, 0.1) is 5.56 Å². The second-order valence-electron chi connectivity index (χ2n) is 3.70. The second kappa shape index (κ2) is 5.54. The van der Waals surface area contributed by atoms with E-state index in [2.05, 4.69) is 37.2 Å². The Hall–Kier alpha value is -1.33. The molecule has 0 saturated carbocycles. The lowest BCUT2D eigenvalue weighted by atomic mass is 10.2. The van der Waals surface area contributed by atoms with Gasteiger partial charge in [0.1, 0.15) is 0 Å². The van der Waals surface area contributed by atoms with Crippen LogP contribution in [-0.2, 0) is 0 Å². The van der Waals surface area contributed by atoms with Gasteiger partial charge < -0.3 is 11.1 Å². The molecule has 0 unspecified atom stereocenters. The number of carbonyl (C=O) groups is 1. The fourth-order valence-corrected chi connectivity index (χ4v) is 2.67. The van der Waals surface area contributed by atoms with Gasteiger partial charge in [-0.1, -0.05) is 15.9 Å². The predicted octanol–water partition coefficient (Wildman–Crippen LogP) is 4.05. The minimum atomic E-state index is -0.167. The minimum absolute atomic E-state index is 0.167. The summed E-state index contributed by atoms with van der Waals surface area (Å²) < 4.78 is 1.66. The van der Waals surface area contributed by atoms with Crippen molar-refractivity contribution in [2.45, 2.75) is 0 Å². The first kappa shape index (κ1) is 13.1. The summed E-state index contributed by atoms with van der Waals surface area (Å²) in [6.45, 7) is 0. The van der Waals surface area contributed by atoms with Gasteiger partial charge in [-0.15, -0.1) is 0 Å². The average Bonchev–Trinajstić information content (AvgIpc) is 2.32. The Kier molecular flexibility index (Phi) is 4.04. The third kappa shape index (κ3) is 3.11. The van der Waals surface area contributed by atoms with Crippen molar-refractivity contribution < 1.29 is 4.79 Å². The van der Waals surface area contributed by atoms with E-state index in [4.69, 9.17) is 5.73 Å². The van der Waals surface area contributed by atoms with Crippen molar-refractivity contribution in [3.63, 3.8) is 0 Å². The molecule has 0 heterocycles. The lowest BCUT2D eigenvalue weighted by Gasteiger charge is -2.07. The Bertz CT molecular complexity index is 582. The maximum atomic E-state index is 12.0. The molecule has 0 bridgehead atoms. The van der Waals surface area contributed by atoms with Crippen LogP contribution < -0.4 is 11.1 Å². The van der Waals surface area contributed by atoms with Gasteiger partial charge in [0.15, 0.2) is 0 Å². The zero-order valence-electron chi connectivity index (χ0n) is 9.28. The normalized spacial score (nSPS) is 10.1. The Labute approximate surface area is 122 Å². The lowest BCUT2D eigenvalue weighted by molar-refractivity contribution is 0.102. The molecule has 2 aromatic carbocycles. The average molecular weight is 370 g/mol. The number of nitrogens with two attached hydrogens (primary N) is 1. The summed E-state index contributed by atoms with van der Waals surface area (Å²) in [5.74, 6) is -0.167. The number of hydrogen-bond donors (Lipinski definition) is 2. The molecule has 0 radical (unpaired) electrons. The summed E-state index contributed by atoms with van der Waals surface area (Å²) in [4.78, 5) is 12.0. The van der Waals surface area contributed by atoms with Crippen LogP contribution in [0.3, 0.4) is 0 Å². The number of nitrogen functional groups attached to an aromatic ring is 1. The molecule has 1 amide bonds. The van der Waals surface area contributed by atoms with Crippen LogP contribution in [0.2, 0.25) is 0 Å². The summed E-state index contributed by atoms with van der Waals surface area (Å²) >= 11 is 6.71. The number of rotatable bonds is 2. The standard InChI is InChI=1S/C13H10Br2N2O/c14-8-1-6-11(12(15)7-8)13(18)17-10-4-2-9(16)3-5-10/h1-7H,16H2,(H,17,18). The molecule has 0 saturated heterocycles. The van der Waals surface area contributed by atoms with E-state index in [1.165, 1.54) is 0 Å². The van der Waals surface area contributed by atoms with Crippen molar-refractivity contribution in [3.8, 4) is 0 Å². The minimum Gasteiger partial charge on any atom is -0.399 e. The van der Waals surface area contributed by atoms with Gasteiger partial charge in [0.25, 0.3) is 5.91 Å². The first-order chi connectivity index (χ1) is 8.56. The molecule has 3 N–H and O–H groups in total. The number of hydrogen-bond acceptors (Lipinski definition) is 2. The van der Waals surface area contributed by atoms with E-state index < -0.39 is 0 Å². The summed E-state index contributed by atoms with van der Waals surface area (Å²) in [6.07, 6.45) is 0. The van der Waals surface area contributed by atoms with Crippen molar-refractivity contribution >= 4 is 49.1 Å². The first-order valence-electron chi connectivity index (χ1n) is 5.18. The summed E-state index contributed by atoms with van der Waals surface area (Å²) in [5, 5.41) is 2.81. The molecule has 3 nitrogen and oxygen atoms in total. The maximum Gasteiger partial charge on any atom is 0.256 e. The molecular formula is C13H10Br2N2O. The van der Waals surface area contributed by atoms with Crippen LogP contribution in [0.5, 0.6) is 0 Å². The summed E-state index contributed by atoms with van der Waals surface area (Å²) in [7, 11) is 0. The Balaban J connectivity index is 2.19. The monoisotopic (exact) mass is 368 g/mol. The maximum absolute atomic E-state index is 12.0. The zero-order chi connectivity index (χ0) is 13.1.